The SMILES string of the molecule is O=S(=O)(O)OCCS(=O)(=O)c1cccc(N=Nc2c(S(=O)(=O)O)cc3c(S(=O)(=O)O)c(Nc4nc(Cl)nc(Nc5cc(S(=O)(=O)O)cc6cc(S(=O)(=O)O)c(N=Nc7ccc8c(S(=O)(=O)O)cccc8c7S(=O)(=O)O)c(O)c56)n4)ccc3c2O)c1. The van der Waals surface area contributed by atoms with E-state index in [9.17, 15) is 105 Å². The average Bonchev–Trinajstić information content (AvgIpc) is 1.17. The van der Waals surface area contributed by atoms with E-state index in [1.807, 2.05) is 0 Å². The number of phenols is 2. The van der Waals surface area contributed by atoms with Gasteiger partial charge in [-0.2, -0.15) is 79.0 Å². The Hall–Kier alpha value is -7.70. The van der Waals surface area contributed by atoms with Crippen LogP contribution >= 0.6 is 11.6 Å². The molecule has 0 aliphatic rings. The first-order valence-electron chi connectivity index (χ1n) is 21.8. The predicted octanol–water partition coefficient (Wildman–Crippen LogP) is 5.79. The number of anilines is 4. The number of hydrogen-bond donors (Lipinski definition) is 11. The van der Waals surface area contributed by atoms with Crippen molar-refractivity contribution in [3.05, 3.63) is 96.3 Å². The summed E-state index contributed by atoms with van der Waals surface area (Å²) in [6.45, 7) is -1.02. The van der Waals surface area contributed by atoms with E-state index < -0.39 is 217 Å². The molecule has 0 radical (unpaired) electrons. The standard InChI is InChI=1S/C41H30ClN9O26S8/c42-39-45-40(43-26-9-8-23-25(38(26)84(71,72)73)17-31(82(65,66)67)33(35(23)52)50-48-19-3-1-4-20(15-19)78(54,55)12-11-77-85(74,75)76)47-41(46-39)44-28-16-21(79(56,57)58)13-18-14-30(81(62,63)64)34(36(53)32(18)28)51-49-27-10-7-22-24(37(27)83(68,69)70)5-2-6-29(22)80(59,60)61/h1-10,13-17,52-53H,11-12H2,(H,56,57,58)(H,59,60,61)(H,62,63,64)(H,65,66,67)(H,68,69,70)(H,71,72,73)(H,74,75,76)(H2,43,44,45,46,47). The van der Waals surface area contributed by atoms with Crippen molar-refractivity contribution in [2.75, 3.05) is 23.0 Å². The summed E-state index contributed by atoms with van der Waals surface area (Å²) in [6.07, 6.45) is 0. The molecular formula is C41H30ClN9O26S8. The molecule has 0 amide bonds. The van der Waals surface area contributed by atoms with E-state index in [2.05, 4.69) is 50.2 Å². The number of hydrogen-bond acceptors (Lipinski definition) is 28. The van der Waals surface area contributed by atoms with Crippen LogP contribution in [0.3, 0.4) is 0 Å². The fraction of sp³-hybridized carbons (Fsp3) is 0.0488. The molecule has 0 unspecified atom stereocenters. The highest BCUT2D eigenvalue weighted by Gasteiger charge is 2.31. The summed E-state index contributed by atoms with van der Waals surface area (Å²) in [4.78, 5) is 3.87. The predicted molar refractivity (Wildman–Crippen MR) is 290 cm³/mol. The second-order valence-electron chi connectivity index (χ2n) is 16.8. The lowest BCUT2D eigenvalue weighted by atomic mass is 10.1. The van der Waals surface area contributed by atoms with Gasteiger partial charge in [0, 0.05) is 26.9 Å². The molecule has 8 aromatic rings. The number of sulfone groups is 1. The fourth-order valence-corrected chi connectivity index (χ4v) is 13.9. The van der Waals surface area contributed by atoms with Crippen molar-refractivity contribution in [3.8, 4) is 11.5 Å². The first kappa shape index (κ1) is 63.3. The van der Waals surface area contributed by atoms with Gasteiger partial charge in [-0.05, 0) is 83.7 Å². The molecule has 7 aromatic carbocycles. The van der Waals surface area contributed by atoms with Crippen LogP contribution in [0.5, 0.6) is 11.5 Å². The molecule has 1 heterocycles. The molecule has 0 aliphatic heterocycles. The Bertz CT molecular complexity index is 5250. The monoisotopic (exact) mass is 1350 g/mol. The minimum atomic E-state index is -5.64. The summed E-state index contributed by atoms with van der Waals surface area (Å²) in [5.74, 6) is -5.26. The lowest BCUT2D eigenvalue weighted by Crippen LogP contribution is -2.15. The van der Waals surface area contributed by atoms with Gasteiger partial charge < -0.3 is 20.8 Å². The second kappa shape index (κ2) is 22.3. The lowest BCUT2D eigenvalue weighted by molar-refractivity contribution is 0.283. The van der Waals surface area contributed by atoms with Gasteiger partial charge in [-0.15, -0.1) is 15.3 Å². The van der Waals surface area contributed by atoms with Gasteiger partial charge in [0.25, 0.3) is 60.7 Å². The van der Waals surface area contributed by atoms with Crippen LogP contribution in [-0.4, -0.2) is 137 Å². The van der Waals surface area contributed by atoms with Crippen molar-refractivity contribution in [2.24, 2.45) is 20.5 Å². The van der Waals surface area contributed by atoms with E-state index in [1.165, 1.54) is 0 Å². The summed E-state index contributed by atoms with van der Waals surface area (Å²) in [5.41, 5.74) is -5.16. The Morgan fingerprint density at radius 3 is 1.62 bits per heavy atom. The number of aromatic hydroxyl groups is 2. The zero-order valence-electron chi connectivity index (χ0n) is 40.8. The Morgan fingerprint density at radius 2 is 1.04 bits per heavy atom. The van der Waals surface area contributed by atoms with Gasteiger partial charge in [-0.1, -0.05) is 24.3 Å². The zero-order chi connectivity index (χ0) is 62.9. The fourth-order valence-electron chi connectivity index (χ4n) is 7.95. The quantitative estimate of drug-likeness (QED) is 0.0337. The number of nitrogens with zero attached hydrogens (tertiary/aromatic N) is 7. The first-order valence-corrected chi connectivity index (χ1v) is 33.9. The second-order valence-corrected chi connectivity index (χ2v) is 28.7. The van der Waals surface area contributed by atoms with Crippen LogP contribution in [0.2, 0.25) is 5.28 Å². The van der Waals surface area contributed by atoms with E-state index in [-0.39, 0.29) is 5.69 Å². The molecule has 8 rings (SSSR count). The maximum Gasteiger partial charge on any atom is 0.397 e. The number of azo groups is 2. The van der Waals surface area contributed by atoms with Gasteiger partial charge in [0.05, 0.1) is 39.2 Å². The van der Waals surface area contributed by atoms with Gasteiger partial charge in [0.2, 0.25) is 17.2 Å². The van der Waals surface area contributed by atoms with Crippen LogP contribution in [0, 0.1) is 0 Å². The Kier molecular flexibility index (Phi) is 16.6. The Morgan fingerprint density at radius 1 is 0.471 bits per heavy atom. The van der Waals surface area contributed by atoms with Crippen LogP contribution in [0.15, 0.2) is 146 Å². The maximum atomic E-state index is 13.2. The third-order valence-electron chi connectivity index (χ3n) is 11.3. The van der Waals surface area contributed by atoms with Gasteiger partial charge in [0.1, 0.15) is 41.5 Å². The molecule has 0 bridgehead atoms. The van der Waals surface area contributed by atoms with Crippen LogP contribution in [-0.2, 0) is 85.1 Å². The highest BCUT2D eigenvalue weighted by atomic mass is 35.5. The Balaban J connectivity index is 1.23. The van der Waals surface area contributed by atoms with E-state index in [0.717, 1.165) is 66.7 Å². The summed E-state index contributed by atoms with van der Waals surface area (Å²) in [6, 6.07) is 12.2. The Labute approximate surface area is 481 Å². The van der Waals surface area contributed by atoms with Gasteiger partial charge >= 0.3 is 10.4 Å². The maximum absolute atomic E-state index is 13.2. The van der Waals surface area contributed by atoms with Gasteiger partial charge in [0.15, 0.2) is 21.3 Å². The van der Waals surface area contributed by atoms with Crippen molar-refractivity contribution in [3.63, 3.8) is 0 Å². The smallest absolute Gasteiger partial charge is 0.397 e. The van der Waals surface area contributed by atoms with Crippen molar-refractivity contribution in [1.29, 1.82) is 0 Å². The summed E-state index contributed by atoms with van der Waals surface area (Å²) >= 11 is 6.19. The summed E-state index contributed by atoms with van der Waals surface area (Å²) in [7, 11) is -42.0. The topological polar surface area (TPSA) is 577 Å². The number of rotatable bonds is 19. The molecule has 0 fully saturated rings. The zero-order valence-corrected chi connectivity index (χ0v) is 48.1. The first-order chi connectivity index (χ1) is 39.0. The highest BCUT2D eigenvalue weighted by Crippen LogP contribution is 2.48. The normalized spacial score (nSPS) is 13.4. The highest BCUT2D eigenvalue weighted by molar-refractivity contribution is 7.91. The third kappa shape index (κ3) is 13.9. The van der Waals surface area contributed by atoms with Crippen LogP contribution < -0.4 is 10.6 Å². The molecule has 0 spiro atoms. The lowest BCUT2D eigenvalue weighted by Gasteiger charge is -2.16. The number of benzene rings is 7. The largest absolute Gasteiger partial charge is 0.505 e. The minimum Gasteiger partial charge on any atom is -0.505 e. The number of aromatic nitrogens is 3. The molecule has 0 saturated heterocycles. The van der Waals surface area contributed by atoms with E-state index in [1.54, 1.807) is 0 Å². The molecule has 44 heteroatoms. The van der Waals surface area contributed by atoms with Crippen LogP contribution in [0.25, 0.3) is 32.3 Å². The van der Waals surface area contributed by atoms with Crippen molar-refractivity contribution in [1.82, 2.24) is 15.0 Å². The van der Waals surface area contributed by atoms with Gasteiger partial charge in [-0.3, -0.25) is 31.9 Å². The molecule has 0 saturated carbocycles. The minimum absolute atomic E-state index is 0.379. The molecule has 85 heavy (non-hydrogen) atoms. The van der Waals surface area contributed by atoms with Crippen molar-refractivity contribution < 1.29 is 114 Å². The summed E-state index contributed by atoms with van der Waals surface area (Å²) < 4.78 is 274. The molecule has 1 aromatic heterocycles. The van der Waals surface area contributed by atoms with Crippen LogP contribution in [0.4, 0.5) is 46.0 Å². The molecule has 450 valence electrons. The van der Waals surface area contributed by atoms with E-state index in [0.29, 0.717) is 24.3 Å². The van der Waals surface area contributed by atoms with Crippen molar-refractivity contribution in [2.45, 2.75) is 34.3 Å². The van der Waals surface area contributed by atoms with Gasteiger partial charge in [-0.25, -0.2) is 12.6 Å². The molecule has 35 nitrogen and oxygen atoms in total. The summed E-state index contributed by atoms with van der Waals surface area (Å²) in [5, 5.41) is 37.6. The van der Waals surface area contributed by atoms with Crippen molar-refractivity contribution >= 4 is 171 Å². The number of halogens is 1. The number of nitrogens with one attached hydrogen (secondary N) is 2. The van der Waals surface area contributed by atoms with Crippen LogP contribution in [0.1, 0.15) is 0 Å². The molecule has 0 atom stereocenters. The number of fused-ring (bicyclic) bond motifs is 3. The number of phenolic OH excluding ortho intramolecular Hbond substituents is 2. The van der Waals surface area contributed by atoms with E-state index >= 15 is 0 Å². The molecular weight excluding hydrogens is 1330 g/mol. The van der Waals surface area contributed by atoms with E-state index in [4.69, 9.17) is 16.2 Å². The molecule has 11 N–H and O–H groups in total. The average molecular weight is 1360 g/mol. The molecule has 0 aliphatic carbocycles. The third-order valence-corrected chi connectivity index (χ3v) is 19.0.